The van der Waals surface area contributed by atoms with E-state index in [9.17, 15) is 13.6 Å². The fourth-order valence-electron chi connectivity index (χ4n) is 4.56. The summed E-state index contributed by atoms with van der Waals surface area (Å²) in [5.74, 6) is -1.43. The van der Waals surface area contributed by atoms with Crippen LogP contribution in [0.2, 0.25) is 0 Å². The Morgan fingerprint density at radius 1 is 1.17 bits per heavy atom. The molecule has 1 aliphatic carbocycles. The van der Waals surface area contributed by atoms with Gasteiger partial charge in [-0.25, -0.2) is 13.8 Å². The van der Waals surface area contributed by atoms with Gasteiger partial charge in [-0.1, -0.05) is 55.4 Å². The Balaban J connectivity index is 1.64. The summed E-state index contributed by atoms with van der Waals surface area (Å²) in [5, 5.41) is 2.47. The van der Waals surface area contributed by atoms with Crippen LogP contribution in [-0.2, 0) is 11.3 Å². The molecule has 0 radical (unpaired) electrons. The topological polar surface area (TPSA) is 46.9 Å². The Morgan fingerprint density at radius 2 is 1.89 bits per heavy atom. The van der Waals surface area contributed by atoms with E-state index < -0.39 is 17.5 Å². The number of nitrogens with zero attached hydrogens (tertiary/aromatic N) is 2. The second kappa shape index (κ2) is 11.9. The van der Waals surface area contributed by atoms with Gasteiger partial charge in [-0.3, -0.25) is 4.79 Å². The molecule has 0 fully saturated rings. The zero-order valence-corrected chi connectivity index (χ0v) is 21.7. The SMILES string of the molecule is CC1=C(/C=C/C(C)=C/C=C/C(C)=C/C(=O)Nc2cc(F)cc(F)c2)C(C)(C)CCC1Cn1ccnc1. The second-order valence-electron chi connectivity index (χ2n) is 10.1. The van der Waals surface area contributed by atoms with Crippen LogP contribution in [-0.4, -0.2) is 15.5 Å². The summed E-state index contributed by atoms with van der Waals surface area (Å²) < 4.78 is 28.7. The number of imidazole rings is 1. The normalized spacial score (nSPS) is 18.9. The van der Waals surface area contributed by atoms with E-state index in [1.807, 2.05) is 43.9 Å². The van der Waals surface area contributed by atoms with E-state index in [1.54, 1.807) is 6.92 Å². The van der Waals surface area contributed by atoms with Crippen molar-refractivity contribution in [1.82, 2.24) is 9.55 Å². The van der Waals surface area contributed by atoms with Crippen LogP contribution in [0.15, 0.2) is 95.7 Å². The number of rotatable bonds is 8. The predicted octanol–water partition coefficient (Wildman–Crippen LogP) is 7.56. The quantitative estimate of drug-likeness (QED) is 0.306. The van der Waals surface area contributed by atoms with Gasteiger partial charge < -0.3 is 9.88 Å². The van der Waals surface area contributed by atoms with E-state index in [2.05, 4.69) is 47.8 Å². The molecule has 1 heterocycles. The van der Waals surface area contributed by atoms with Crippen molar-refractivity contribution in [3.8, 4) is 0 Å². The van der Waals surface area contributed by atoms with Gasteiger partial charge >= 0.3 is 0 Å². The lowest BCUT2D eigenvalue weighted by Crippen LogP contribution is -2.26. The molecule has 190 valence electrons. The van der Waals surface area contributed by atoms with Gasteiger partial charge in [0.2, 0.25) is 5.91 Å². The molecule has 36 heavy (non-hydrogen) atoms. The molecule has 2 aromatic rings. The average Bonchev–Trinajstić information content (AvgIpc) is 3.28. The summed E-state index contributed by atoms with van der Waals surface area (Å²) in [5.41, 5.74) is 4.83. The van der Waals surface area contributed by atoms with Gasteiger partial charge in [0.25, 0.3) is 0 Å². The third-order valence-electron chi connectivity index (χ3n) is 6.59. The van der Waals surface area contributed by atoms with Crippen LogP contribution in [0.25, 0.3) is 0 Å². The molecular formula is C30H35F2N3O. The third kappa shape index (κ3) is 7.74. The highest BCUT2D eigenvalue weighted by atomic mass is 19.1. The van der Waals surface area contributed by atoms with Crippen molar-refractivity contribution in [3.05, 3.63) is 107 Å². The molecule has 0 aliphatic heterocycles. The molecule has 0 bridgehead atoms. The van der Waals surface area contributed by atoms with Crippen LogP contribution in [0.4, 0.5) is 14.5 Å². The summed E-state index contributed by atoms with van der Waals surface area (Å²) in [6.07, 6.45) is 19.5. The van der Waals surface area contributed by atoms with Crippen LogP contribution < -0.4 is 5.32 Å². The fraction of sp³-hybridized carbons (Fsp3) is 0.333. The fourth-order valence-corrected chi connectivity index (χ4v) is 4.56. The van der Waals surface area contributed by atoms with Crippen LogP contribution in [0, 0.1) is 23.0 Å². The minimum absolute atomic E-state index is 0.0777. The summed E-state index contributed by atoms with van der Waals surface area (Å²) in [6.45, 7) is 11.6. The molecule has 1 N–H and O–H groups in total. The third-order valence-corrected chi connectivity index (χ3v) is 6.59. The van der Waals surface area contributed by atoms with Gasteiger partial charge in [-0.05, 0) is 68.2 Å². The van der Waals surface area contributed by atoms with Crippen molar-refractivity contribution in [3.63, 3.8) is 0 Å². The largest absolute Gasteiger partial charge is 0.337 e. The summed E-state index contributed by atoms with van der Waals surface area (Å²) in [7, 11) is 0. The Kier molecular flexibility index (Phi) is 8.97. The van der Waals surface area contributed by atoms with Crippen molar-refractivity contribution in [2.45, 2.75) is 54.0 Å². The Bertz CT molecular complexity index is 1210. The molecule has 4 nitrogen and oxygen atoms in total. The minimum Gasteiger partial charge on any atom is -0.337 e. The van der Waals surface area contributed by atoms with Crippen molar-refractivity contribution >= 4 is 11.6 Å². The molecule has 3 rings (SSSR count). The van der Waals surface area contributed by atoms with Gasteiger partial charge in [0, 0.05) is 36.8 Å². The molecule has 0 saturated heterocycles. The molecule has 1 aromatic heterocycles. The Hall–Kier alpha value is -3.54. The number of benzene rings is 1. The number of allylic oxidation sites excluding steroid dienone is 9. The summed E-state index contributed by atoms with van der Waals surface area (Å²) in [6, 6.07) is 2.90. The number of aromatic nitrogens is 2. The number of amides is 1. The van der Waals surface area contributed by atoms with Crippen LogP contribution in [0.3, 0.4) is 0 Å². The van der Waals surface area contributed by atoms with Gasteiger partial charge in [0.05, 0.1) is 6.33 Å². The minimum atomic E-state index is -0.740. The van der Waals surface area contributed by atoms with E-state index in [0.717, 1.165) is 36.7 Å². The molecule has 1 amide bonds. The highest BCUT2D eigenvalue weighted by Crippen LogP contribution is 2.44. The first-order chi connectivity index (χ1) is 17.0. The number of hydrogen-bond acceptors (Lipinski definition) is 2. The first-order valence-corrected chi connectivity index (χ1v) is 12.2. The Labute approximate surface area is 212 Å². The van der Waals surface area contributed by atoms with Crippen LogP contribution in [0.1, 0.15) is 47.5 Å². The van der Waals surface area contributed by atoms with Gasteiger partial charge in [0.15, 0.2) is 0 Å². The molecule has 6 heteroatoms. The number of nitrogens with one attached hydrogen (secondary N) is 1. The zero-order chi connectivity index (χ0) is 26.3. The molecule has 1 aliphatic rings. The molecule has 0 spiro atoms. The van der Waals surface area contributed by atoms with Crippen LogP contribution >= 0.6 is 0 Å². The van der Waals surface area contributed by atoms with Gasteiger partial charge in [0.1, 0.15) is 11.6 Å². The highest BCUT2D eigenvalue weighted by molar-refractivity contribution is 5.99. The highest BCUT2D eigenvalue weighted by Gasteiger charge is 2.31. The number of carbonyl (C=O) groups excluding carboxylic acids is 1. The molecular weight excluding hydrogens is 456 g/mol. The maximum atomic E-state index is 13.3. The lowest BCUT2D eigenvalue weighted by atomic mass is 9.68. The van der Waals surface area contributed by atoms with Gasteiger partial charge in [-0.15, -0.1) is 0 Å². The standard InChI is InChI=1S/C30H35F2N3O/c1-21(7-6-8-22(2)15-29(36)34-27-17-25(31)16-26(32)18-27)9-10-28-23(3)24(11-12-30(28,4)5)19-35-14-13-33-20-35/h6-10,13-18,20,24H,11-12,19H2,1-5H3,(H,34,36)/b8-6+,10-9+,21-7+,22-15+. The molecule has 1 unspecified atom stereocenters. The lowest BCUT2D eigenvalue weighted by Gasteiger charge is -2.37. The van der Waals surface area contributed by atoms with Crippen molar-refractivity contribution < 1.29 is 13.6 Å². The predicted molar refractivity (Wildman–Crippen MR) is 142 cm³/mol. The van der Waals surface area contributed by atoms with E-state index in [4.69, 9.17) is 0 Å². The Morgan fingerprint density at radius 3 is 2.56 bits per heavy atom. The van der Waals surface area contributed by atoms with E-state index >= 15 is 0 Å². The van der Waals surface area contributed by atoms with Crippen molar-refractivity contribution in [1.29, 1.82) is 0 Å². The van der Waals surface area contributed by atoms with Crippen molar-refractivity contribution in [2.24, 2.45) is 11.3 Å². The van der Waals surface area contributed by atoms with E-state index in [1.165, 1.54) is 23.6 Å². The maximum Gasteiger partial charge on any atom is 0.248 e. The number of halogens is 2. The number of carbonyl (C=O) groups is 1. The average molecular weight is 492 g/mol. The number of hydrogen-bond donors (Lipinski definition) is 1. The molecule has 1 aromatic carbocycles. The second-order valence-corrected chi connectivity index (χ2v) is 10.1. The van der Waals surface area contributed by atoms with Gasteiger partial charge in [-0.2, -0.15) is 0 Å². The lowest BCUT2D eigenvalue weighted by molar-refractivity contribution is -0.111. The molecule has 0 saturated carbocycles. The zero-order valence-electron chi connectivity index (χ0n) is 21.7. The maximum absolute atomic E-state index is 13.3. The van der Waals surface area contributed by atoms with E-state index in [-0.39, 0.29) is 11.1 Å². The summed E-state index contributed by atoms with van der Waals surface area (Å²) in [4.78, 5) is 16.3. The van der Waals surface area contributed by atoms with Crippen molar-refractivity contribution in [2.75, 3.05) is 5.32 Å². The van der Waals surface area contributed by atoms with Crippen LogP contribution in [0.5, 0.6) is 0 Å². The molecule has 1 atom stereocenters. The van der Waals surface area contributed by atoms with E-state index in [0.29, 0.717) is 11.5 Å². The monoisotopic (exact) mass is 491 g/mol. The first-order valence-electron chi connectivity index (χ1n) is 12.2. The number of anilines is 1. The smallest absolute Gasteiger partial charge is 0.248 e. The summed E-state index contributed by atoms with van der Waals surface area (Å²) >= 11 is 0. The first kappa shape index (κ1) is 27.1.